The van der Waals surface area contributed by atoms with E-state index in [2.05, 4.69) is 21.4 Å². The lowest BCUT2D eigenvalue weighted by Crippen LogP contribution is -2.26. The van der Waals surface area contributed by atoms with E-state index in [9.17, 15) is 0 Å². The van der Waals surface area contributed by atoms with Gasteiger partial charge in [0.05, 0.1) is 18.5 Å². The summed E-state index contributed by atoms with van der Waals surface area (Å²) >= 11 is 0. The molecule has 1 N–H and O–H groups in total. The summed E-state index contributed by atoms with van der Waals surface area (Å²) in [5, 5.41) is 3.39. The van der Waals surface area contributed by atoms with E-state index in [0.717, 1.165) is 42.3 Å². The van der Waals surface area contributed by atoms with E-state index in [1.165, 1.54) is 11.3 Å². The summed E-state index contributed by atoms with van der Waals surface area (Å²) in [5.74, 6) is 1.68. The molecule has 0 saturated carbocycles. The molecular formula is C15H17N3O. The highest BCUT2D eigenvalue weighted by atomic mass is 16.5. The van der Waals surface area contributed by atoms with Gasteiger partial charge in [-0.15, -0.1) is 0 Å². The molecule has 0 fully saturated rings. The Morgan fingerprint density at radius 1 is 1.26 bits per heavy atom. The summed E-state index contributed by atoms with van der Waals surface area (Å²) in [5.41, 5.74) is 4.49. The Balaban J connectivity index is 2.15. The molecule has 4 nitrogen and oxygen atoms in total. The van der Waals surface area contributed by atoms with Gasteiger partial charge in [0, 0.05) is 30.6 Å². The predicted molar refractivity (Wildman–Crippen MR) is 74.2 cm³/mol. The third kappa shape index (κ3) is 2.31. The normalized spacial score (nSPS) is 14.0. The second-order valence-electron chi connectivity index (χ2n) is 4.70. The van der Waals surface area contributed by atoms with Gasteiger partial charge >= 0.3 is 0 Å². The zero-order valence-corrected chi connectivity index (χ0v) is 11.2. The van der Waals surface area contributed by atoms with Crippen LogP contribution in [0.4, 0.5) is 0 Å². The SMILES string of the molecule is COc1cccc(-c2nc(C)nc3c2CNCC3)c1. The molecule has 0 spiro atoms. The minimum atomic E-state index is 0.832. The van der Waals surface area contributed by atoms with Gasteiger partial charge in [-0.2, -0.15) is 0 Å². The molecule has 1 aromatic heterocycles. The summed E-state index contributed by atoms with van der Waals surface area (Å²) < 4.78 is 5.29. The Morgan fingerprint density at radius 3 is 3.00 bits per heavy atom. The first-order valence-corrected chi connectivity index (χ1v) is 6.49. The standard InChI is InChI=1S/C15H17N3O/c1-10-17-14-6-7-16-9-13(14)15(18-10)11-4-3-5-12(8-11)19-2/h3-5,8,16H,6-7,9H2,1-2H3. The van der Waals surface area contributed by atoms with Gasteiger partial charge in [0.15, 0.2) is 0 Å². The number of nitrogens with one attached hydrogen (secondary N) is 1. The molecule has 1 aliphatic rings. The van der Waals surface area contributed by atoms with Crippen molar-refractivity contribution < 1.29 is 4.74 Å². The number of aryl methyl sites for hydroxylation is 1. The van der Waals surface area contributed by atoms with Crippen LogP contribution in [0.25, 0.3) is 11.3 Å². The van der Waals surface area contributed by atoms with Crippen molar-refractivity contribution >= 4 is 0 Å². The van der Waals surface area contributed by atoms with Crippen LogP contribution in [0.15, 0.2) is 24.3 Å². The van der Waals surface area contributed by atoms with Crippen LogP contribution in [-0.2, 0) is 13.0 Å². The third-order valence-electron chi connectivity index (χ3n) is 3.39. The highest BCUT2D eigenvalue weighted by Crippen LogP contribution is 2.28. The van der Waals surface area contributed by atoms with Crippen LogP contribution in [0.3, 0.4) is 0 Å². The molecule has 98 valence electrons. The van der Waals surface area contributed by atoms with Crippen LogP contribution >= 0.6 is 0 Å². The second-order valence-corrected chi connectivity index (χ2v) is 4.70. The fourth-order valence-corrected chi connectivity index (χ4v) is 2.48. The van der Waals surface area contributed by atoms with Gasteiger partial charge in [0.1, 0.15) is 11.6 Å². The molecule has 0 unspecified atom stereocenters. The molecule has 0 saturated heterocycles. The van der Waals surface area contributed by atoms with Crippen LogP contribution in [0.1, 0.15) is 17.1 Å². The second kappa shape index (κ2) is 4.97. The van der Waals surface area contributed by atoms with Crippen molar-refractivity contribution in [3.8, 4) is 17.0 Å². The first-order valence-electron chi connectivity index (χ1n) is 6.49. The maximum absolute atomic E-state index is 5.29. The van der Waals surface area contributed by atoms with E-state index >= 15 is 0 Å². The fourth-order valence-electron chi connectivity index (χ4n) is 2.48. The Labute approximate surface area is 112 Å². The van der Waals surface area contributed by atoms with Gasteiger partial charge in [0.2, 0.25) is 0 Å². The monoisotopic (exact) mass is 255 g/mol. The van der Waals surface area contributed by atoms with Gasteiger partial charge in [-0.25, -0.2) is 9.97 Å². The number of rotatable bonds is 2. The van der Waals surface area contributed by atoms with Crippen molar-refractivity contribution in [2.45, 2.75) is 19.9 Å². The lowest BCUT2D eigenvalue weighted by molar-refractivity contribution is 0.415. The van der Waals surface area contributed by atoms with Gasteiger partial charge in [-0.05, 0) is 19.1 Å². The van der Waals surface area contributed by atoms with Gasteiger partial charge in [-0.3, -0.25) is 0 Å². The summed E-state index contributed by atoms with van der Waals surface area (Å²) in [6.45, 7) is 3.77. The van der Waals surface area contributed by atoms with Crippen LogP contribution in [0.5, 0.6) is 5.75 Å². The average molecular weight is 255 g/mol. The first kappa shape index (κ1) is 12.1. The first-order chi connectivity index (χ1) is 9.28. The molecule has 3 rings (SSSR count). The largest absolute Gasteiger partial charge is 0.497 e. The molecule has 2 heterocycles. The van der Waals surface area contributed by atoms with Crippen molar-refractivity contribution in [2.24, 2.45) is 0 Å². The van der Waals surface area contributed by atoms with E-state index < -0.39 is 0 Å². The van der Waals surface area contributed by atoms with Gasteiger partial charge < -0.3 is 10.1 Å². The molecule has 1 aromatic carbocycles. The molecule has 0 atom stereocenters. The maximum Gasteiger partial charge on any atom is 0.126 e. The number of benzene rings is 1. The number of nitrogens with zero attached hydrogens (tertiary/aromatic N) is 2. The topological polar surface area (TPSA) is 47.0 Å². The molecular weight excluding hydrogens is 238 g/mol. The van der Waals surface area contributed by atoms with Crippen LogP contribution in [-0.4, -0.2) is 23.6 Å². The quantitative estimate of drug-likeness (QED) is 0.892. The lowest BCUT2D eigenvalue weighted by atomic mass is 10.00. The number of aromatic nitrogens is 2. The number of methoxy groups -OCH3 is 1. The average Bonchev–Trinajstić information content (AvgIpc) is 2.46. The van der Waals surface area contributed by atoms with E-state index in [0.29, 0.717) is 0 Å². The number of ether oxygens (including phenoxy) is 1. The van der Waals surface area contributed by atoms with E-state index in [-0.39, 0.29) is 0 Å². The highest BCUT2D eigenvalue weighted by Gasteiger charge is 2.17. The number of hydrogen-bond acceptors (Lipinski definition) is 4. The zero-order chi connectivity index (χ0) is 13.2. The van der Waals surface area contributed by atoms with Gasteiger partial charge in [-0.1, -0.05) is 12.1 Å². The van der Waals surface area contributed by atoms with E-state index in [1.807, 2.05) is 25.1 Å². The van der Waals surface area contributed by atoms with E-state index in [4.69, 9.17) is 4.74 Å². The minimum absolute atomic E-state index is 0.832. The third-order valence-corrected chi connectivity index (χ3v) is 3.39. The number of fused-ring (bicyclic) bond motifs is 1. The summed E-state index contributed by atoms with van der Waals surface area (Å²) in [6.07, 6.45) is 0.968. The summed E-state index contributed by atoms with van der Waals surface area (Å²) in [4.78, 5) is 9.19. The fraction of sp³-hybridized carbons (Fsp3) is 0.333. The maximum atomic E-state index is 5.29. The summed E-state index contributed by atoms with van der Waals surface area (Å²) in [6, 6.07) is 8.03. The lowest BCUT2D eigenvalue weighted by Gasteiger charge is -2.19. The molecule has 4 heteroatoms. The molecule has 1 aliphatic heterocycles. The Hall–Kier alpha value is -1.94. The van der Waals surface area contributed by atoms with Gasteiger partial charge in [0.25, 0.3) is 0 Å². The number of hydrogen-bond donors (Lipinski definition) is 1. The minimum Gasteiger partial charge on any atom is -0.497 e. The predicted octanol–water partition coefficient (Wildman–Crippen LogP) is 2.11. The van der Waals surface area contributed by atoms with Crippen LogP contribution in [0, 0.1) is 6.92 Å². The van der Waals surface area contributed by atoms with Crippen LogP contribution in [0.2, 0.25) is 0 Å². The van der Waals surface area contributed by atoms with Crippen molar-refractivity contribution in [1.29, 1.82) is 0 Å². The molecule has 0 amide bonds. The van der Waals surface area contributed by atoms with Crippen LogP contribution < -0.4 is 10.1 Å². The molecule has 19 heavy (non-hydrogen) atoms. The van der Waals surface area contributed by atoms with E-state index in [1.54, 1.807) is 7.11 Å². The van der Waals surface area contributed by atoms with Crippen molar-refractivity contribution in [2.75, 3.05) is 13.7 Å². The highest BCUT2D eigenvalue weighted by molar-refractivity contribution is 5.66. The Bertz CT molecular complexity index is 610. The molecule has 0 bridgehead atoms. The van der Waals surface area contributed by atoms with Crippen molar-refractivity contribution in [1.82, 2.24) is 15.3 Å². The smallest absolute Gasteiger partial charge is 0.126 e. The Morgan fingerprint density at radius 2 is 2.16 bits per heavy atom. The van der Waals surface area contributed by atoms with Crippen molar-refractivity contribution in [3.63, 3.8) is 0 Å². The zero-order valence-electron chi connectivity index (χ0n) is 11.2. The summed E-state index contributed by atoms with van der Waals surface area (Å²) in [7, 11) is 1.68. The van der Waals surface area contributed by atoms with Crippen molar-refractivity contribution in [3.05, 3.63) is 41.3 Å². The molecule has 0 aliphatic carbocycles. The molecule has 0 radical (unpaired) electrons. The molecule has 2 aromatic rings. The Kier molecular flexibility index (Phi) is 3.17.